The quantitative estimate of drug-likeness (QED) is 0.0233. The number of nitrogens with one attached hydrogen (secondary N) is 1. The van der Waals surface area contributed by atoms with Gasteiger partial charge in [0.25, 0.3) is 5.56 Å². The molecule has 3 aromatic heterocycles. The number of ketones is 3. The van der Waals surface area contributed by atoms with Crippen LogP contribution >= 0.6 is 0 Å². The second kappa shape index (κ2) is 43.3. The molecule has 1 saturated heterocycles. The van der Waals surface area contributed by atoms with Crippen LogP contribution < -0.4 is 16.6 Å². The number of aromatic hydroxyl groups is 1. The van der Waals surface area contributed by atoms with Crippen molar-refractivity contribution in [3.05, 3.63) is 68.8 Å². The summed E-state index contributed by atoms with van der Waals surface area (Å²) in [4.78, 5) is 125. The molecule has 4 aliphatic rings. The van der Waals surface area contributed by atoms with E-state index in [1.165, 1.54) is 11.0 Å². The number of phenols is 1. The number of nitrogens with zero attached hydrogens (tertiary/aromatic N) is 6. The minimum absolute atomic E-state index is 0.0129. The first kappa shape index (κ1) is 83.1. The van der Waals surface area contributed by atoms with Crippen LogP contribution in [-0.2, 0) is 129 Å². The third kappa shape index (κ3) is 24.8. The van der Waals surface area contributed by atoms with E-state index in [0.717, 1.165) is 47.9 Å². The molecule has 1 saturated carbocycles. The zero-order valence-corrected chi connectivity index (χ0v) is 61.7. The number of Topliss-reactive ketones (excluding diaryl/α,β-unsaturated/α-hetero) is 3. The zero-order valence-electron chi connectivity index (χ0n) is 61.7. The summed E-state index contributed by atoms with van der Waals surface area (Å²) in [6, 6.07) is 5.80. The van der Waals surface area contributed by atoms with Crippen molar-refractivity contribution < 1.29 is 100 Å². The smallest absolute Gasteiger partial charge is 0.508 e. The Hall–Kier alpha value is -7.52. The molecule has 4 unspecified atom stereocenters. The molecule has 3 aliphatic heterocycles. The number of nitrogens with two attached hydrogens (primary N) is 1. The highest BCUT2D eigenvalue weighted by atomic mass is 16.7. The molecule has 3 amide bonds. The highest BCUT2D eigenvalue weighted by molar-refractivity contribution is 6.03. The Balaban J connectivity index is 0.580. The van der Waals surface area contributed by atoms with Crippen LogP contribution in [0.4, 0.5) is 4.79 Å². The number of phenolic OH excluding ortho intramolecular Hbond substituents is 1. The summed E-state index contributed by atoms with van der Waals surface area (Å²) >= 11 is 0. The molecule has 0 spiro atoms. The number of rotatable bonds is 52. The summed E-state index contributed by atoms with van der Waals surface area (Å²) in [5, 5.41) is 22.4. The standard InChI is InChI=1S/C75H108N8O22/c1-6-59-60-41-56(84)18-19-64(60)77-69-61(59)45-82-66(69)42-63-62(72(82)91)48-103-73(92)75(63,7-2)105-74(93)104-49-65(50(3)4)78-70(89)54(11-8-9-21-76)40-58(86)47-102-46-57(85)12-10-23-94-25-27-96-29-31-98-33-35-100-37-38-101-36-34-99-32-30-97-28-26-95-24-22-81-44-55(79-80-81)17-20-67(87)53-15-13-52(14-16-53)43-83-68(88)39-51(5)71(83)90/h18-19,41-42,44,50-54,65,84H,6-17,20-40,43,45-49,76H2,1-5H3,(H,78,89). The van der Waals surface area contributed by atoms with Crippen molar-refractivity contribution in [2.45, 2.75) is 162 Å². The molecule has 580 valence electrons. The molecule has 30 heteroatoms. The van der Waals surface area contributed by atoms with Crippen molar-refractivity contribution in [1.29, 1.82) is 0 Å². The number of fused-ring (bicyclic) bond motifs is 5. The first-order chi connectivity index (χ1) is 50.8. The van der Waals surface area contributed by atoms with E-state index in [1.807, 2.05) is 27.0 Å². The van der Waals surface area contributed by atoms with Gasteiger partial charge in [0, 0.05) is 85.7 Å². The van der Waals surface area contributed by atoms with Crippen LogP contribution in [0.2, 0.25) is 0 Å². The second-order valence-corrected chi connectivity index (χ2v) is 27.4. The van der Waals surface area contributed by atoms with Gasteiger partial charge in [0.1, 0.15) is 38.0 Å². The van der Waals surface area contributed by atoms with Crippen LogP contribution in [0.25, 0.3) is 22.3 Å². The first-order valence-corrected chi connectivity index (χ1v) is 37.3. The maximum absolute atomic E-state index is 14.2. The van der Waals surface area contributed by atoms with E-state index in [2.05, 4.69) is 15.6 Å². The molecule has 6 heterocycles. The summed E-state index contributed by atoms with van der Waals surface area (Å²) in [7, 11) is 0. The number of pyridine rings is 2. The van der Waals surface area contributed by atoms with E-state index in [4.69, 9.17) is 67.6 Å². The molecule has 0 radical (unpaired) electrons. The van der Waals surface area contributed by atoms with Crippen molar-refractivity contribution >= 4 is 58.1 Å². The Morgan fingerprint density at radius 3 is 1.98 bits per heavy atom. The number of unbranched alkanes of at least 4 members (excludes halogenated alkanes) is 1. The Morgan fingerprint density at radius 1 is 0.752 bits per heavy atom. The molecule has 1 aromatic carbocycles. The van der Waals surface area contributed by atoms with Crippen LogP contribution in [0.15, 0.2) is 35.3 Å². The van der Waals surface area contributed by atoms with Gasteiger partial charge in [0.05, 0.1) is 146 Å². The minimum atomic E-state index is -2.05. The summed E-state index contributed by atoms with van der Waals surface area (Å²) in [5.74, 6) is -2.73. The SMILES string of the molecule is CCc1c2c(nc3ccc(O)cc13)-c1cc3c(c(=O)n1C2)COC(=O)C3(CC)OC(=O)OCC(NC(=O)C(CCCCN)CC(=O)COCC(=O)CCCOCCOCCOCCOCCOCCOCCOCCOCCn1cc(CCC(=O)C2CCC(CN3C(=O)CC(C)C3=O)CC2)nn1)C(C)C. The Labute approximate surface area is 612 Å². The third-order valence-electron chi connectivity index (χ3n) is 19.5. The molecule has 4 aromatic rings. The van der Waals surface area contributed by atoms with E-state index in [1.54, 1.807) is 41.3 Å². The van der Waals surface area contributed by atoms with Crippen LogP contribution in [0.5, 0.6) is 5.75 Å². The topological polar surface area (TPSA) is 374 Å². The fourth-order valence-corrected chi connectivity index (χ4v) is 13.4. The van der Waals surface area contributed by atoms with Gasteiger partial charge in [-0.05, 0) is 106 Å². The predicted octanol–water partition coefficient (Wildman–Crippen LogP) is 5.85. The molecule has 2 fully saturated rings. The number of carbonyl (C=O) groups is 8. The number of aryl methyl sites for hydroxylation is 2. The lowest BCUT2D eigenvalue weighted by Crippen LogP contribution is -2.48. The van der Waals surface area contributed by atoms with Crippen molar-refractivity contribution in [3.8, 4) is 17.1 Å². The number of hydrogen-bond acceptors (Lipinski definition) is 26. The first-order valence-electron chi connectivity index (χ1n) is 37.3. The predicted molar refractivity (Wildman–Crippen MR) is 379 cm³/mol. The molecule has 4 N–H and O–H groups in total. The minimum Gasteiger partial charge on any atom is -0.508 e. The Bertz CT molecular complexity index is 3570. The molecule has 1 aliphatic carbocycles. The van der Waals surface area contributed by atoms with Gasteiger partial charge in [-0.25, -0.2) is 19.3 Å². The van der Waals surface area contributed by atoms with Gasteiger partial charge in [-0.2, -0.15) is 0 Å². The van der Waals surface area contributed by atoms with Gasteiger partial charge < -0.3 is 77.6 Å². The summed E-state index contributed by atoms with van der Waals surface area (Å²) < 4.78 is 70.4. The van der Waals surface area contributed by atoms with Gasteiger partial charge in [0.15, 0.2) is 11.6 Å². The number of benzene rings is 1. The Kier molecular flexibility index (Phi) is 34.3. The van der Waals surface area contributed by atoms with Gasteiger partial charge >= 0.3 is 12.1 Å². The maximum atomic E-state index is 14.2. The average molecular weight is 1470 g/mol. The average Bonchev–Trinajstić information content (AvgIpc) is 1.61. The van der Waals surface area contributed by atoms with Gasteiger partial charge in [-0.1, -0.05) is 46.3 Å². The molecule has 8 rings (SSSR count). The second-order valence-electron chi connectivity index (χ2n) is 27.4. The number of amides is 3. The monoisotopic (exact) mass is 1470 g/mol. The molecular formula is C75H108N8O22. The lowest BCUT2D eigenvalue weighted by Gasteiger charge is -2.35. The largest absolute Gasteiger partial charge is 0.509 e. The van der Waals surface area contributed by atoms with Crippen LogP contribution in [0.1, 0.15) is 146 Å². The van der Waals surface area contributed by atoms with Crippen molar-refractivity contribution in [3.63, 3.8) is 0 Å². The van der Waals surface area contributed by atoms with Crippen molar-refractivity contribution in [2.75, 3.05) is 139 Å². The number of esters is 1. The van der Waals surface area contributed by atoms with Gasteiger partial charge in [-0.15, -0.1) is 5.10 Å². The summed E-state index contributed by atoms with van der Waals surface area (Å²) in [6.45, 7) is 15.7. The van der Waals surface area contributed by atoms with Crippen LogP contribution in [0.3, 0.4) is 0 Å². The number of likely N-dealkylation sites (tertiary alicyclic amines) is 1. The van der Waals surface area contributed by atoms with E-state index >= 15 is 0 Å². The molecule has 0 bridgehead atoms. The maximum Gasteiger partial charge on any atom is 0.509 e. The van der Waals surface area contributed by atoms with E-state index < -0.39 is 41.2 Å². The highest BCUT2D eigenvalue weighted by Gasteiger charge is 2.51. The Morgan fingerprint density at radius 2 is 1.38 bits per heavy atom. The molecular weight excluding hydrogens is 1360 g/mol. The molecule has 4 atom stereocenters. The molecule has 105 heavy (non-hydrogen) atoms. The lowest BCUT2D eigenvalue weighted by atomic mass is 9.79. The number of hydrogen-bond donors (Lipinski definition) is 3. The van der Waals surface area contributed by atoms with E-state index in [-0.39, 0.29) is 122 Å². The third-order valence-corrected chi connectivity index (χ3v) is 19.5. The van der Waals surface area contributed by atoms with E-state index in [0.29, 0.717) is 194 Å². The number of cyclic esters (lactones) is 1. The van der Waals surface area contributed by atoms with E-state index in [9.17, 15) is 48.3 Å². The van der Waals surface area contributed by atoms with Crippen molar-refractivity contribution in [1.82, 2.24) is 34.8 Å². The summed E-state index contributed by atoms with van der Waals surface area (Å²) in [5.41, 5.74) is 7.70. The number of carbonyl (C=O) groups excluding carboxylic acids is 8. The van der Waals surface area contributed by atoms with Crippen LogP contribution in [0, 0.1) is 29.6 Å². The fraction of sp³-hybridized carbons (Fsp3) is 0.680. The zero-order chi connectivity index (χ0) is 75.1. The van der Waals surface area contributed by atoms with Crippen molar-refractivity contribution in [2.24, 2.45) is 35.3 Å². The number of aromatic nitrogens is 5. The van der Waals surface area contributed by atoms with Crippen LogP contribution in [-0.4, -0.2) is 226 Å². The van der Waals surface area contributed by atoms with Gasteiger partial charge in [0.2, 0.25) is 23.3 Å². The lowest BCUT2D eigenvalue weighted by molar-refractivity contribution is -0.175. The molecule has 30 nitrogen and oxygen atoms in total. The number of imide groups is 1. The van der Waals surface area contributed by atoms with Gasteiger partial charge in [-0.3, -0.25) is 38.5 Å². The summed E-state index contributed by atoms with van der Waals surface area (Å²) in [6.07, 6.45) is 7.61. The number of ether oxygens (including phenoxy) is 12. The normalized spacial score (nSPS) is 18.3. The highest BCUT2D eigenvalue weighted by Crippen LogP contribution is 2.43. The fourth-order valence-electron chi connectivity index (χ4n) is 13.4.